The van der Waals surface area contributed by atoms with Crippen molar-refractivity contribution in [3.63, 3.8) is 0 Å². The Morgan fingerprint density at radius 3 is 2.68 bits per heavy atom. The van der Waals surface area contributed by atoms with E-state index in [-0.39, 0.29) is 11.1 Å². The lowest BCUT2D eigenvalue weighted by Crippen LogP contribution is -2.54. The van der Waals surface area contributed by atoms with E-state index in [1.807, 2.05) is 6.07 Å². The molecule has 9 heteroatoms. The molecule has 4 aromatic rings. The van der Waals surface area contributed by atoms with Gasteiger partial charge in [-0.1, -0.05) is 11.6 Å². The lowest BCUT2D eigenvalue weighted by molar-refractivity contribution is 0.407. The van der Waals surface area contributed by atoms with E-state index >= 15 is 0 Å². The maximum atomic E-state index is 14.7. The van der Waals surface area contributed by atoms with Crippen LogP contribution in [0.5, 0.6) is 5.75 Å². The van der Waals surface area contributed by atoms with Crippen molar-refractivity contribution >= 4 is 39.2 Å². The van der Waals surface area contributed by atoms with Gasteiger partial charge in [-0.05, 0) is 32.0 Å². The van der Waals surface area contributed by atoms with Gasteiger partial charge in [-0.15, -0.1) is 0 Å². The summed E-state index contributed by atoms with van der Waals surface area (Å²) in [6.07, 6.45) is 3.47. The maximum absolute atomic E-state index is 14.7. The van der Waals surface area contributed by atoms with Gasteiger partial charge in [0.05, 0.1) is 22.6 Å². The third-order valence-corrected chi connectivity index (χ3v) is 5.94. The zero-order valence-electron chi connectivity index (χ0n) is 17.4. The zero-order valence-corrected chi connectivity index (χ0v) is 18.2. The van der Waals surface area contributed by atoms with Crippen LogP contribution in [-0.4, -0.2) is 50.0 Å². The van der Waals surface area contributed by atoms with Crippen molar-refractivity contribution in [1.29, 1.82) is 0 Å². The van der Waals surface area contributed by atoms with Gasteiger partial charge in [-0.3, -0.25) is 4.68 Å². The molecular weight excluding hydrogens is 419 g/mol. The number of halogens is 2. The van der Waals surface area contributed by atoms with Crippen LogP contribution >= 0.6 is 11.6 Å². The van der Waals surface area contributed by atoms with Gasteiger partial charge < -0.3 is 15.3 Å². The maximum Gasteiger partial charge on any atom is 0.193 e. The van der Waals surface area contributed by atoms with Gasteiger partial charge in [0.1, 0.15) is 5.52 Å². The number of hydrogen-bond acceptors (Lipinski definition) is 6. The lowest BCUT2D eigenvalue weighted by atomic mass is 10.1. The number of fused-ring (bicyclic) bond motifs is 2. The fraction of sp³-hybridized carbons (Fsp3) is 0.318. The summed E-state index contributed by atoms with van der Waals surface area (Å²) in [5.74, 6) is -1.29. The SMILES string of the molecule is C[C@H]1CN(c2cnc3nc(-c4cc5cn(C)nc5c(F)c4O)cc(Cl)c3c2)C[C@H](C)N1. The first-order valence-electron chi connectivity index (χ1n) is 10.1. The van der Waals surface area contributed by atoms with E-state index < -0.39 is 11.6 Å². The van der Waals surface area contributed by atoms with Crippen molar-refractivity contribution in [2.75, 3.05) is 18.0 Å². The number of hydrogen-bond donors (Lipinski definition) is 2. The summed E-state index contributed by atoms with van der Waals surface area (Å²) in [5, 5.41) is 19.7. The van der Waals surface area contributed by atoms with Crippen molar-refractivity contribution in [3.05, 3.63) is 41.4 Å². The number of rotatable bonds is 2. The molecule has 31 heavy (non-hydrogen) atoms. The highest BCUT2D eigenvalue weighted by Crippen LogP contribution is 2.38. The normalized spacial score (nSPS) is 19.5. The summed E-state index contributed by atoms with van der Waals surface area (Å²) < 4.78 is 16.2. The van der Waals surface area contributed by atoms with Crippen molar-refractivity contribution in [2.24, 2.45) is 7.05 Å². The summed E-state index contributed by atoms with van der Waals surface area (Å²) in [6.45, 7) is 6.06. The molecule has 4 heterocycles. The Bertz CT molecular complexity index is 1310. The first kappa shape index (κ1) is 20.0. The highest BCUT2D eigenvalue weighted by molar-refractivity contribution is 6.35. The Balaban J connectivity index is 1.59. The van der Waals surface area contributed by atoms with Crippen molar-refractivity contribution in [1.82, 2.24) is 25.1 Å². The number of piperazine rings is 1. The van der Waals surface area contributed by atoms with Crippen LogP contribution in [0, 0.1) is 5.82 Å². The number of benzene rings is 1. The van der Waals surface area contributed by atoms with Gasteiger partial charge >= 0.3 is 0 Å². The van der Waals surface area contributed by atoms with Gasteiger partial charge in [-0.2, -0.15) is 5.10 Å². The smallest absolute Gasteiger partial charge is 0.193 e. The van der Waals surface area contributed by atoms with Crippen LogP contribution in [-0.2, 0) is 7.05 Å². The summed E-state index contributed by atoms with van der Waals surface area (Å²) in [7, 11) is 1.70. The number of phenolic OH excluding ortho intramolecular Hbond substituents is 1. The molecule has 3 aromatic heterocycles. The Morgan fingerprint density at radius 2 is 1.94 bits per heavy atom. The molecule has 2 N–H and O–H groups in total. The van der Waals surface area contributed by atoms with E-state index in [1.165, 1.54) is 4.68 Å². The predicted octanol–water partition coefficient (Wildman–Crippen LogP) is 3.87. The average molecular weight is 441 g/mol. The van der Waals surface area contributed by atoms with Crippen molar-refractivity contribution in [3.8, 4) is 17.0 Å². The van der Waals surface area contributed by atoms with Crippen LogP contribution in [0.15, 0.2) is 30.6 Å². The van der Waals surface area contributed by atoms with E-state index in [4.69, 9.17) is 11.6 Å². The Morgan fingerprint density at radius 1 is 1.19 bits per heavy atom. The standard InChI is InChI=1S/C22H22ClFN6O/c1-11-8-30(9-12(2)26-11)14-5-15-17(23)6-18(27-22(15)25-7-14)16-4-13-10-29(3)28-20(13)19(24)21(16)31/h4-7,10-12,26,31H,8-9H2,1-3H3/t11-,12-/m0/s1. The minimum absolute atomic E-state index is 0.109. The number of nitrogens with zero attached hydrogens (tertiary/aromatic N) is 5. The van der Waals surface area contributed by atoms with Crippen LogP contribution in [0.2, 0.25) is 5.02 Å². The first-order valence-corrected chi connectivity index (χ1v) is 10.5. The van der Waals surface area contributed by atoms with Gasteiger partial charge in [0.2, 0.25) is 0 Å². The molecule has 0 unspecified atom stereocenters. The van der Waals surface area contributed by atoms with Gasteiger partial charge in [0.25, 0.3) is 0 Å². The second-order valence-electron chi connectivity index (χ2n) is 8.26. The molecule has 160 valence electrons. The number of aromatic hydroxyl groups is 1. The minimum atomic E-state index is -0.781. The second-order valence-corrected chi connectivity index (χ2v) is 8.66. The third kappa shape index (κ3) is 3.45. The zero-order chi connectivity index (χ0) is 21.9. The molecule has 0 spiro atoms. The van der Waals surface area contributed by atoms with Crippen molar-refractivity contribution in [2.45, 2.75) is 25.9 Å². The summed E-state index contributed by atoms with van der Waals surface area (Å²) in [6, 6.07) is 6.01. The Hall–Kier alpha value is -2.97. The Kier molecular flexibility index (Phi) is 4.71. The summed E-state index contributed by atoms with van der Waals surface area (Å²) in [5.41, 5.74) is 2.13. The number of phenols is 1. The van der Waals surface area contributed by atoms with Crippen molar-refractivity contribution < 1.29 is 9.50 Å². The molecular formula is C22H22ClFN6O. The van der Waals surface area contributed by atoms with E-state index in [0.717, 1.165) is 18.8 Å². The molecule has 0 amide bonds. The van der Waals surface area contributed by atoms with E-state index in [0.29, 0.717) is 39.2 Å². The molecule has 0 saturated carbocycles. The number of nitrogens with one attached hydrogen (secondary N) is 1. The average Bonchev–Trinajstić information content (AvgIpc) is 3.10. The van der Waals surface area contributed by atoms with E-state index in [2.05, 4.69) is 39.1 Å². The van der Waals surface area contributed by atoms with Gasteiger partial charge in [0.15, 0.2) is 17.2 Å². The largest absolute Gasteiger partial charge is 0.504 e. The molecule has 1 aromatic carbocycles. The fourth-order valence-electron chi connectivity index (χ4n) is 4.34. The molecule has 1 fully saturated rings. The third-order valence-electron chi connectivity index (χ3n) is 5.63. The molecule has 5 rings (SSSR count). The van der Waals surface area contributed by atoms with Crippen LogP contribution in [0.1, 0.15) is 13.8 Å². The second kappa shape index (κ2) is 7.32. The Labute approximate surface area is 183 Å². The highest BCUT2D eigenvalue weighted by atomic mass is 35.5. The fourth-order valence-corrected chi connectivity index (χ4v) is 4.58. The van der Waals surface area contributed by atoms with Crippen LogP contribution in [0.3, 0.4) is 0 Å². The number of pyridine rings is 2. The number of anilines is 1. The van der Waals surface area contributed by atoms with Crippen LogP contribution in [0.4, 0.5) is 10.1 Å². The molecule has 2 atom stereocenters. The monoisotopic (exact) mass is 440 g/mol. The quantitative estimate of drug-likeness (QED) is 0.492. The molecule has 0 bridgehead atoms. The lowest BCUT2D eigenvalue weighted by Gasteiger charge is -2.37. The molecule has 1 aliphatic heterocycles. The summed E-state index contributed by atoms with van der Waals surface area (Å²) >= 11 is 6.59. The highest BCUT2D eigenvalue weighted by Gasteiger charge is 2.23. The topological polar surface area (TPSA) is 79.1 Å². The predicted molar refractivity (Wildman–Crippen MR) is 120 cm³/mol. The molecule has 0 aliphatic carbocycles. The minimum Gasteiger partial charge on any atom is -0.504 e. The molecule has 7 nitrogen and oxygen atoms in total. The molecule has 0 radical (unpaired) electrons. The van der Waals surface area contributed by atoms with Crippen LogP contribution in [0.25, 0.3) is 33.2 Å². The number of aromatic nitrogens is 4. The van der Waals surface area contributed by atoms with E-state index in [1.54, 1.807) is 31.6 Å². The van der Waals surface area contributed by atoms with E-state index in [9.17, 15) is 9.50 Å². The first-order chi connectivity index (χ1) is 14.8. The molecule has 1 aliphatic rings. The van der Waals surface area contributed by atoms with Gasteiger partial charge in [-0.25, -0.2) is 14.4 Å². The number of aryl methyl sites for hydroxylation is 1. The molecule has 1 saturated heterocycles. The van der Waals surface area contributed by atoms with Crippen LogP contribution < -0.4 is 10.2 Å². The van der Waals surface area contributed by atoms with Gasteiger partial charge in [0, 0.05) is 54.8 Å². The summed E-state index contributed by atoms with van der Waals surface area (Å²) in [4.78, 5) is 11.4.